The van der Waals surface area contributed by atoms with Crippen molar-refractivity contribution in [1.82, 2.24) is 0 Å². The number of ether oxygens (including phenoxy) is 3. The van der Waals surface area contributed by atoms with Crippen LogP contribution in [0.25, 0.3) is 10.8 Å². The summed E-state index contributed by atoms with van der Waals surface area (Å²) in [5.41, 5.74) is 4.48. The van der Waals surface area contributed by atoms with Crippen LogP contribution in [0.4, 0.5) is 5.69 Å². The van der Waals surface area contributed by atoms with Crippen molar-refractivity contribution in [3.05, 3.63) is 119 Å². The number of ketones is 1. The summed E-state index contributed by atoms with van der Waals surface area (Å²) in [6.45, 7) is 2.62. The second-order valence-electron chi connectivity index (χ2n) is 16.5. The van der Waals surface area contributed by atoms with E-state index in [0.717, 1.165) is 84.5 Å². The first kappa shape index (κ1) is 40.8. The van der Waals surface area contributed by atoms with Gasteiger partial charge in [0.1, 0.15) is 36.1 Å². The molecule has 58 heavy (non-hydrogen) atoms. The number of hydrogen-bond acceptors (Lipinski definition) is 8. The van der Waals surface area contributed by atoms with E-state index in [4.69, 9.17) is 14.2 Å². The van der Waals surface area contributed by atoms with Gasteiger partial charge >= 0.3 is 0 Å². The molecule has 8 rings (SSSR count). The van der Waals surface area contributed by atoms with Crippen molar-refractivity contribution >= 4 is 22.2 Å². The summed E-state index contributed by atoms with van der Waals surface area (Å²) in [4.78, 5) is 13.8. The molecule has 304 valence electrons. The summed E-state index contributed by atoms with van der Waals surface area (Å²) in [5.74, 6) is 5.45. The molecule has 0 saturated heterocycles. The number of fused-ring (bicyclic) bond motifs is 8. The fourth-order valence-electron chi connectivity index (χ4n) is 8.98. The van der Waals surface area contributed by atoms with E-state index in [9.17, 15) is 20.1 Å². The number of methoxy groups -OCH3 is 1. The summed E-state index contributed by atoms with van der Waals surface area (Å²) in [7, 11) is 1.62. The van der Waals surface area contributed by atoms with E-state index in [-0.39, 0.29) is 35.5 Å². The molecule has 0 radical (unpaired) electrons. The molecule has 1 saturated carbocycles. The van der Waals surface area contributed by atoms with Gasteiger partial charge in [0.2, 0.25) is 0 Å². The van der Waals surface area contributed by atoms with Crippen molar-refractivity contribution in [2.75, 3.05) is 19.0 Å². The van der Waals surface area contributed by atoms with Crippen molar-refractivity contribution in [3.63, 3.8) is 0 Å². The molecular formula is C50H57NO7. The Morgan fingerprint density at radius 2 is 1.81 bits per heavy atom. The molecule has 4 aromatic carbocycles. The highest BCUT2D eigenvalue weighted by Gasteiger charge is 2.38. The van der Waals surface area contributed by atoms with Gasteiger partial charge in [0.25, 0.3) is 0 Å². The zero-order chi connectivity index (χ0) is 40.5. The predicted octanol–water partition coefficient (Wildman–Crippen LogP) is 10.0. The van der Waals surface area contributed by atoms with Crippen LogP contribution >= 0.6 is 0 Å². The molecule has 4 N–H and O–H groups in total. The Morgan fingerprint density at radius 3 is 2.64 bits per heavy atom. The number of hydrogen-bond donors (Lipinski definition) is 4. The molecule has 2 heterocycles. The lowest BCUT2D eigenvalue weighted by atomic mass is 9.76. The topological polar surface area (TPSA) is 117 Å². The van der Waals surface area contributed by atoms with Gasteiger partial charge in [0, 0.05) is 30.6 Å². The van der Waals surface area contributed by atoms with Crippen LogP contribution in [0.1, 0.15) is 93.4 Å². The molecule has 8 heteroatoms. The Morgan fingerprint density at radius 1 is 0.966 bits per heavy atom. The van der Waals surface area contributed by atoms with E-state index in [0.29, 0.717) is 43.9 Å². The van der Waals surface area contributed by atoms with Gasteiger partial charge in [-0.15, -0.1) is 0 Å². The number of aliphatic hydroxyl groups is 2. The minimum absolute atomic E-state index is 0.0303. The van der Waals surface area contributed by atoms with Gasteiger partial charge in [0.05, 0.1) is 18.6 Å². The highest BCUT2D eigenvalue weighted by atomic mass is 16.5. The first-order valence-electron chi connectivity index (χ1n) is 21.0. The lowest BCUT2D eigenvalue weighted by molar-refractivity contribution is -0.121. The minimum atomic E-state index is -0.591. The van der Waals surface area contributed by atoms with Gasteiger partial charge < -0.3 is 34.8 Å². The van der Waals surface area contributed by atoms with E-state index in [1.165, 1.54) is 5.56 Å². The second-order valence-corrected chi connectivity index (χ2v) is 16.5. The van der Waals surface area contributed by atoms with E-state index in [1.807, 2.05) is 48.5 Å². The lowest BCUT2D eigenvalue weighted by Gasteiger charge is -2.28. The first-order valence-corrected chi connectivity index (χ1v) is 21.0. The fraction of sp³-hybridized carbons (Fsp3) is 0.420. The minimum Gasteiger partial charge on any atom is -0.508 e. The Balaban J connectivity index is 1.13. The average Bonchev–Trinajstić information content (AvgIpc) is 3.69. The van der Waals surface area contributed by atoms with Crippen molar-refractivity contribution in [3.8, 4) is 29.3 Å². The number of aryl methyl sites for hydroxylation is 2. The van der Waals surface area contributed by atoms with Crippen LogP contribution in [-0.4, -0.2) is 47.0 Å². The molecule has 2 aliphatic carbocycles. The summed E-state index contributed by atoms with van der Waals surface area (Å²) in [5, 5.41) is 37.0. The van der Waals surface area contributed by atoms with Crippen molar-refractivity contribution in [2.24, 2.45) is 11.8 Å². The number of unbranched alkanes of at least 4 members (excludes halogenated alkanes) is 1. The highest BCUT2D eigenvalue weighted by molar-refractivity contribution is 5.90. The summed E-state index contributed by atoms with van der Waals surface area (Å²) < 4.78 is 18.4. The Bertz CT molecular complexity index is 2190. The van der Waals surface area contributed by atoms with Crippen LogP contribution < -0.4 is 14.8 Å². The molecule has 4 aromatic rings. The van der Waals surface area contributed by atoms with Gasteiger partial charge in [-0.1, -0.05) is 61.7 Å². The molecule has 1 fully saturated rings. The van der Waals surface area contributed by atoms with Crippen molar-refractivity contribution < 1.29 is 34.3 Å². The maximum absolute atomic E-state index is 13.8. The van der Waals surface area contributed by atoms with E-state index < -0.39 is 17.6 Å². The standard InChI is InChI=1S/C50H57NO7/c1-34(52)32-51-41-11-7-9-35(27-41)8-3-4-10-38-15-18-42(53)29-40(38)30-44-31-43(54)17-12-36-14-21-47(56-2)48(28-36)58-33-37-13-19-45-39(26-37)16-20-46(55)49(45)50(24-25-57-44)22-5-6-23-50/h7,9,11,13-16,18-21,26-29,34,38,40,44,51-53,55H,3-6,8,10,12,17,22-23,30-33H2,1-2H3/t34-,38-,40+,44+/m0/s1. The average molecular weight is 784 g/mol. The molecule has 8 nitrogen and oxygen atoms in total. The highest BCUT2D eigenvalue weighted by Crippen LogP contribution is 2.47. The summed E-state index contributed by atoms with van der Waals surface area (Å²) in [6.07, 6.45) is 17.1. The lowest BCUT2D eigenvalue weighted by Crippen LogP contribution is -2.25. The summed E-state index contributed by atoms with van der Waals surface area (Å²) in [6, 6.07) is 24.1. The number of anilines is 1. The van der Waals surface area contributed by atoms with Crippen LogP contribution in [0.5, 0.6) is 17.2 Å². The zero-order valence-corrected chi connectivity index (χ0v) is 33.8. The van der Waals surface area contributed by atoms with Gasteiger partial charge in [-0.25, -0.2) is 0 Å². The molecule has 1 spiro atoms. The number of carbonyl (C=O) groups excluding carboxylic acids is 1. The van der Waals surface area contributed by atoms with E-state index in [2.05, 4.69) is 47.7 Å². The molecule has 6 bridgehead atoms. The normalized spacial score (nSPS) is 20.9. The van der Waals surface area contributed by atoms with Crippen LogP contribution in [0.3, 0.4) is 0 Å². The molecule has 4 atom stereocenters. The first-order chi connectivity index (χ1) is 28.2. The largest absolute Gasteiger partial charge is 0.508 e. The van der Waals surface area contributed by atoms with Gasteiger partial charge in [-0.05, 0) is 146 Å². The fourth-order valence-corrected chi connectivity index (χ4v) is 8.98. The van der Waals surface area contributed by atoms with Gasteiger partial charge in [-0.2, -0.15) is 0 Å². The number of Topliss-reactive ketones (excluding diaryl/α,β-unsaturated/α-hetero) is 1. The van der Waals surface area contributed by atoms with Crippen molar-refractivity contribution in [2.45, 2.75) is 108 Å². The van der Waals surface area contributed by atoms with Crippen LogP contribution in [0, 0.1) is 23.9 Å². The molecule has 2 aliphatic heterocycles. The van der Waals surface area contributed by atoms with Crippen molar-refractivity contribution in [1.29, 1.82) is 0 Å². The maximum Gasteiger partial charge on any atom is 0.161 e. The van der Waals surface area contributed by atoms with Gasteiger partial charge in [-0.3, -0.25) is 4.79 Å². The van der Waals surface area contributed by atoms with Crippen LogP contribution in [-0.2, 0) is 34.4 Å². The molecule has 4 aliphatic rings. The predicted molar refractivity (Wildman–Crippen MR) is 229 cm³/mol. The molecule has 0 aromatic heterocycles. The molecular weight excluding hydrogens is 727 g/mol. The second kappa shape index (κ2) is 18.9. The molecule has 0 unspecified atom stereocenters. The zero-order valence-electron chi connectivity index (χ0n) is 33.8. The number of phenolic OH excluding ortho intramolecular Hbond substituents is 1. The number of aromatic hydroxyl groups is 1. The summed E-state index contributed by atoms with van der Waals surface area (Å²) >= 11 is 0. The number of phenols is 1. The third kappa shape index (κ3) is 10.2. The monoisotopic (exact) mass is 783 g/mol. The number of rotatable bonds is 11. The Kier molecular flexibility index (Phi) is 13.3. The number of aliphatic hydroxyl groups excluding tert-OH is 2. The van der Waals surface area contributed by atoms with Crippen LogP contribution in [0.15, 0.2) is 96.8 Å². The third-order valence-corrected chi connectivity index (χ3v) is 12.0. The maximum atomic E-state index is 13.8. The number of carbonyl (C=O) groups is 1. The quantitative estimate of drug-likeness (QED) is 0.0878. The molecule has 0 amide bonds. The SMILES string of the molecule is COc1ccc2cc1OCc1ccc3c(c(O)ccc3c1)C1(C#CO[C@H](C[C@H]3C=C(O)C=C[C@@H]3CCCCc3cccc(NC[C@H](C)O)c3)CC(=O)CC2)CCCC1. The number of allylic oxidation sites excluding steroid dienone is 3. The Hall–Kier alpha value is -5.39. The number of nitrogens with one attached hydrogen (secondary N) is 1. The smallest absolute Gasteiger partial charge is 0.161 e. The van der Waals surface area contributed by atoms with Gasteiger partial charge in [0.15, 0.2) is 11.5 Å². The van der Waals surface area contributed by atoms with E-state index in [1.54, 1.807) is 26.2 Å². The van der Waals surface area contributed by atoms with Crippen LogP contribution in [0.2, 0.25) is 0 Å². The third-order valence-electron chi connectivity index (χ3n) is 12.0. The van der Waals surface area contributed by atoms with E-state index >= 15 is 0 Å². The Labute approximate surface area is 342 Å². The number of benzene rings is 4.